The number of carbonyl (C=O) groups is 1. The zero-order chi connectivity index (χ0) is 15.1. The van der Waals surface area contributed by atoms with Gasteiger partial charge in [-0.2, -0.15) is 0 Å². The topological polar surface area (TPSA) is 93.0 Å². The van der Waals surface area contributed by atoms with Gasteiger partial charge < -0.3 is 9.72 Å². The third kappa shape index (κ3) is 4.64. The van der Waals surface area contributed by atoms with E-state index in [0.29, 0.717) is 6.42 Å². The van der Waals surface area contributed by atoms with Gasteiger partial charge in [0.05, 0.1) is 18.1 Å². The minimum absolute atomic E-state index is 0.103. The molecule has 21 heavy (non-hydrogen) atoms. The molecule has 2 aromatic rings. The molecular formula is C14H20N4O2S. The van der Waals surface area contributed by atoms with E-state index in [0.717, 1.165) is 47.0 Å². The maximum atomic E-state index is 11.0. The number of hydrazine groups is 1. The lowest BCUT2D eigenvalue weighted by atomic mass is 10.2. The standard InChI is InChI=1S/C14H20N4O2S/c1-20-10-6-7-11-12(9-10)17-14(16-11)21-8-4-2-3-5-13(19)18-15/h6-7,9H,2-5,8,15H2,1H3,(H,16,17)(H,18,19). The van der Waals surface area contributed by atoms with Gasteiger partial charge in [0, 0.05) is 18.2 Å². The molecule has 1 aromatic carbocycles. The molecule has 114 valence electrons. The molecule has 0 aliphatic rings. The van der Waals surface area contributed by atoms with Crippen molar-refractivity contribution in [3.05, 3.63) is 18.2 Å². The van der Waals surface area contributed by atoms with E-state index < -0.39 is 0 Å². The molecule has 0 aliphatic heterocycles. The number of nitrogens with one attached hydrogen (secondary N) is 2. The van der Waals surface area contributed by atoms with Crippen LogP contribution in [-0.4, -0.2) is 28.7 Å². The molecule has 0 bridgehead atoms. The van der Waals surface area contributed by atoms with Crippen molar-refractivity contribution in [2.24, 2.45) is 5.84 Å². The highest BCUT2D eigenvalue weighted by molar-refractivity contribution is 7.99. The minimum Gasteiger partial charge on any atom is -0.497 e. The van der Waals surface area contributed by atoms with Crippen molar-refractivity contribution in [3.8, 4) is 5.75 Å². The number of carbonyl (C=O) groups excluding carboxylic acids is 1. The molecule has 0 spiro atoms. The number of nitrogens with two attached hydrogens (primary N) is 1. The third-order valence-electron chi connectivity index (χ3n) is 3.12. The Labute approximate surface area is 127 Å². The summed E-state index contributed by atoms with van der Waals surface area (Å²) in [5.74, 6) is 6.71. The van der Waals surface area contributed by atoms with Gasteiger partial charge >= 0.3 is 0 Å². The predicted octanol–water partition coefficient (Wildman–Crippen LogP) is 2.21. The average Bonchev–Trinajstić information content (AvgIpc) is 2.91. The number of hydrogen-bond acceptors (Lipinski definition) is 5. The molecule has 0 atom stereocenters. The molecular weight excluding hydrogens is 288 g/mol. The Hall–Kier alpha value is -1.73. The fourth-order valence-corrected chi connectivity index (χ4v) is 2.85. The van der Waals surface area contributed by atoms with E-state index in [-0.39, 0.29) is 5.91 Å². The number of amides is 1. The van der Waals surface area contributed by atoms with Gasteiger partial charge in [-0.1, -0.05) is 18.2 Å². The Morgan fingerprint density at radius 1 is 1.43 bits per heavy atom. The van der Waals surface area contributed by atoms with E-state index in [1.807, 2.05) is 18.2 Å². The zero-order valence-electron chi connectivity index (χ0n) is 12.0. The van der Waals surface area contributed by atoms with Crippen LogP contribution in [0.25, 0.3) is 11.0 Å². The fraction of sp³-hybridized carbons (Fsp3) is 0.429. The monoisotopic (exact) mass is 308 g/mol. The molecule has 1 heterocycles. The van der Waals surface area contributed by atoms with E-state index in [1.165, 1.54) is 0 Å². The van der Waals surface area contributed by atoms with Gasteiger partial charge in [0.1, 0.15) is 5.75 Å². The van der Waals surface area contributed by atoms with E-state index in [2.05, 4.69) is 15.4 Å². The number of fused-ring (bicyclic) bond motifs is 1. The van der Waals surface area contributed by atoms with E-state index in [1.54, 1.807) is 18.9 Å². The van der Waals surface area contributed by atoms with Crippen LogP contribution in [-0.2, 0) is 4.79 Å². The molecule has 0 saturated heterocycles. The summed E-state index contributed by atoms with van der Waals surface area (Å²) in [5.41, 5.74) is 4.06. The van der Waals surface area contributed by atoms with Gasteiger partial charge in [0.15, 0.2) is 5.16 Å². The first-order valence-electron chi connectivity index (χ1n) is 6.89. The molecule has 0 saturated carbocycles. The molecule has 0 aliphatic carbocycles. The number of unbranched alkanes of at least 4 members (excludes halogenated alkanes) is 2. The zero-order valence-corrected chi connectivity index (χ0v) is 12.8. The number of aromatic nitrogens is 2. The summed E-state index contributed by atoms with van der Waals surface area (Å²) in [6, 6.07) is 5.79. The number of aromatic amines is 1. The highest BCUT2D eigenvalue weighted by Crippen LogP contribution is 2.23. The van der Waals surface area contributed by atoms with Crippen LogP contribution in [0.3, 0.4) is 0 Å². The third-order valence-corrected chi connectivity index (χ3v) is 4.07. The van der Waals surface area contributed by atoms with Gasteiger partial charge in [0.2, 0.25) is 5.91 Å². The molecule has 1 aromatic heterocycles. The lowest BCUT2D eigenvalue weighted by Crippen LogP contribution is -2.29. The lowest BCUT2D eigenvalue weighted by molar-refractivity contribution is -0.121. The Kier molecular flexibility index (Phi) is 5.89. The van der Waals surface area contributed by atoms with Gasteiger partial charge in [-0.05, 0) is 25.0 Å². The first-order chi connectivity index (χ1) is 10.2. The number of methoxy groups -OCH3 is 1. The smallest absolute Gasteiger partial charge is 0.233 e. The van der Waals surface area contributed by atoms with Gasteiger partial charge in [0.25, 0.3) is 0 Å². The predicted molar refractivity (Wildman–Crippen MR) is 84.2 cm³/mol. The van der Waals surface area contributed by atoms with Crippen molar-refractivity contribution in [2.75, 3.05) is 12.9 Å². The maximum Gasteiger partial charge on any atom is 0.233 e. The van der Waals surface area contributed by atoms with Crippen LogP contribution in [0.2, 0.25) is 0 Å². The van der Waals surface area contributed by atoms with Gasteiger partial charge in [-0.3, -0.25) is 10.2 Å². The summed E-state index contributed by atoms with van der Waals surface area (Å²) in [7, 11) is 1.65. The average molecular weight is 308 g/mol. The number of imidazole rings is 1. The highest BCUT2D eigenvalue weighted by atomic mass is 32.2. The number of rotatable bonds is 8. The summed E-state index contributed by atoms with van der Waals surface area (Å²) < 4.78 is 5.19. The minimum atomic E-state index is -0.103. The summed E-state index contributed by atoms with van der Waals surface area (Å²) in [6.07, 6.45) is 3.41. The maximum absolute atomic E-state index is 11.0. The Morgan fingerprint density at radius 2 is 2.29 bits per heavy atom. The van der Waals surface area contributed by atoms with E-state index in [4.69, 9.17) is 10.6 Å². The molecule has 2 rings (SSSR count). The Morgan fingerprint density at radius 3 is 3.05 bits per heavy atom. The Balaban J connectivity index is 1.75. The quantitative estimate of drug-likeness (QED) is 0.229. The molecule has 1 amide bonds. The molecule has 4 N–H and O–H groups in total. The molecule has 6 nitrogen and oxygen atoms in total. The Bertz CT molecular complexity index is 600. The molecule has 7 heteroatoms. The second-order valence-corrected chi connectivity index (χ2v) is 5.74. The number of ether oxygens (including phenoxy) is 1. The van der Waals surface area contributed by atoms with Crippen molar-refractivity contribution in [2.45, 2.75) is 30.8 Å². The second-order valence-electron chi connectivity index (χ2n) is 4.65. The lowest BCUT2D eigenvalue weighted by Gasteiger charge is -2.00. The normalized spacial score (nSPS) is 10.8. The van der Waals surface area contributed by atoms with Crippen LogP contribution in [0.15, 0.2) is 23.4 Å². The van der Waals surface area contributed by atoms with Crippen molar-refractivity contribution in [1.82, 2.24) is 15.4 Å². The number of hydrogen-bond donors (Lipinski definition) is 3. The summed E-state index contributed by atoms with van der Waals surface area (Å²) in [6.45, 7) is 0. The largest absolute Gasteiger partial charge is 0.497 e. The van der Waals surface area contributed by atoms with Crippen molar-refractivity contribution < 1.29 is 9.53 Å². The SMILES string of the molecule is COc1ccc2nc(SCCCCCC(=O)NN)[nH]c2c1. The van der Waals surface area contributed by atoms with Crippen LogP contribution in [0.1, 0.15) is 25.7 Å². The van der Waals surface area contributed by atoms with Crippen LogP contribution in [0, 0.1) is 0 Å². The number of thioether (sulfide) groups is 1. The van der Waals surface area contributed by atoms with Crippen LogP contribution in [0.4, 0.5) is 0 Å². The summed E-state index contributed by atoms with van der Waals surface area (Å²) in [5, 5.41) is 0.915. The fourth-order valence-electron chi connectivity index (χ4n) is 1.97. The molecule has 0 radical (unpaired) electrons. The second kappa shape index (κ2) is 7.90. The van der Waals surface area contributed by atoms with Crippen LogP contribution >= 0.6 is 11.8 Å². The number of nitrogens with zero attached hydrogens (tertiary/aromatic N) is 1. The summed E-state index contributed by atoms with van der Waals surface area (Å²) in [4.78, 5) is 18.7. The summed E-state index contributed by atoms with van der Waals surface area (Å²) >= 11 is 1.69. The van der Waals surface area contributed by atoms with Crippen molar-refractivity contribution in [3.63, 3.8) is 0 Å². The molecule has 0 unspecified atom stereocenters. The van der Waals surface area contributed by atoms with E-state index in [9.17, 15) is 4.79 Å². The number of H-pyrrole nitrogens is 1. The molecule has 0 fully saturated rings. The highest BCUT2D eigenvalue weighted by Gasteiger charge is 2.04. The van der Waals surface area contributed by atoms with Crippen molar-refractivity contribution in [1.29, 1.82) is 0 Å². The van der Waals surface area contributed by atoms with Crippen molar-refractivity contribution >= 4 is 28.7 Å². The van der Waals surface area contributed by atoms with Crippen LogP contribution < -0.4 is 16.0 Å². The first-order valence-corrected chi connectivity index (χ1v) is 7.87. The van der Waals surface area contributed by atoms with Gasteiger partial charge in [-0.25, -0.2) is 10.8 Å². The number of benzene rings is 1. The van der Waals surface area contributed by atoms with Gasteiger partial charge in [-0.15, -0.1) is 0 Å². The van der Waals surface area contributed by atoms with Crippen LogP contribution in [0.5, 0.6) is 5.75 Å². The van der Waals surface area contributed by atoms with E-state index >= 15 is 0 Å². The first kappa shape index (κ1) is 15.7.